The fraction of sp³-hybridized carbons (Fsp3) is 0.667. The summed E-state index contributed by atoms with van der Waals surface area (Å²) < 4.78 is 0. The Morgan fingerprint density at radius 3 is 1.50 bits per heavy atom. The van der Waals surface area contributed by atoms with E-state index in [1.807, 2.05) is 30.8 Å². The minimum atomic E-state index is 0.264. The summed E-state index contributed by atoms with van der Waals surface area (Å²) in [4.78, 5) is 3.84. The van der Waals surface area contributed by atoms with Gasteiger partial charge in [-0.05, 0) is 6.92 Å². The van der Waals surface area contributed by atoms with Gasteiger partial charge in [0, 0.05) is 14.1 Å². The molecular weight excluding hydrogens is 171 g/mol. The van der Waals surface area contributed by atoms with E-state index in [4.69, 9.17) is 23.2 Å². The van der Waals surface area contributed by atoms with Gasteiger partial charge in [-0.1, -0.05) is 23.2 Å². The molecule has 1 aliphatic heterocycles. The molecule has 1 aliphatic rings. The van der Waals surface area contributed by atoms with Crippen LogP contribution in [0.4, 0.5) is 0 Å². The summed E-state index contributed by atoms with van der Waals surface area (Å²) in [6.45, 7) is 2.04. The first kappa shape index (κ1) is 8.02. The normalized spacial score (nSPS) is 21.3. The summed E-state index contributed by atoms with van der Waals surface area (Å²) in [6, 6.07) is 0. The maximum Gasteiger partial charge on any atom is 0.141 e. The molecule has 0 unspecified atom stereocenters. The largest absolute Gasteiger partial charge is 0.343 e. The molecule has 0 saturated carbocycles. The maximum absolute atomic E-state index is 5.83. The summed E-state index contributed by atoms with van der Waals surface area (Å²) in [5.74, 6) is 0. The van der Waals surface area contributed by atoms with Gasteiger partial charge in [0.2, 0.25) is 0 Å². The van der Waals surface area contributed by atoms with Crippen LogP contribution in [0, 0.1) is 0 Å². The van der Waals surface area contributed by atoms with Gasteiger partial charge >= 0.3 is 0 Å². The Kier molecular flexibility index (Phi) is 2.02. The van der Waals surface area contributed by atoms with Gasteiger partial charge in [0.15, 0.2) is 0 Å². The van der Waals surface area contributed by atoms with E-state index in [0.717, 1.165) is 0 Å². The van der Waals surface area contributed by atoms with Crippen LogP contribution in [0.15, 0.2) is 10.3 Å². The number of hydrogen-bond donors (Lipinski definition) is 0. The maximum atomic E-state index is 5.83. The zero-order valence-electron chi connectivity index (χ0n) is 6.23. The van der Waals surface area contributed by atoms with Crippen molar-refractivity contribution in [3.8, 4) is 0 Å². The van der Waals surface area contributed by atoms with E-state index in [1.165, 1.54) is 0 Å². The molecule has 10 heavy (non-hydrogen) atoms. The summed E-state index contributed by atoms with van der Waals surface area (Å²) in [7, 11) is 3.83. The van der Waals surface area contributed by atoms with Crippen molar-refractivity contribution in [3.63, 3.8) is 0 Å². The highest BCUT2D eigenvalue weighted by molar-refractivity contribution is 6.38. The third-order valence-corrected chi connectivity index (χ3v) is 2.90. The van der Waals surface area contributed by atoms with Crippen LogP contribution in [0.2, 0.25) is 0 Å². The third kappa shape index (κ3) is 0.956. The van der Waals surface area contributed by atoms with Gasteiger partial charge in [0.25, 0.3) is 0 Å². The van der Waals surface area contributed by atoms with Crippen molar-refractivity contribution in [2.75, 3.05) is 14.1 Å². The Labute approximate surface area is 71.0 Å². The van der Waals surface area contributed by atoms with Crippen LogP contribution in [0.5, 0.6) is 0 Å². The van der Waals surface area contributed by atoms with Crippen molar-refractivity contribution in [2.45, 2.75) is 13.1 Å². The average Bonchev–Trinajstić information content (AvgIpc) is 2.07. The van der Waals surface area contributed by atoms with E-state index in [1.54, 1.807) is 0 Å². The topological polar surface area (TPSA) is 6.48 Å². The summed E-state index contributed by atoms with van der Waals surface area (Å²) in [5.41, 5.74) is 0. The molecule has 1 heterocycles. The molecule has 58 valence electrons. The first-order chi connectivity index (χ1) is 4.55. The van der Waals surface area contributed by atoms with Crippen LogP contribution in [-0.2, 0) is 0 Å². The highest BCUT2D eigenvalue weighted by atomic mass is 35.5. The fourth-order valence-electron chi connectivity index (χ4n) is 0.879. The highest BCUT2D eigenvalue weighted by Crippen LogP contribution is 2.30. The minimum absolute atomic E-state index is 0.264. The molecule has 0 bridgehead atoms. The summed E-state index contributed by atoms with van der Waals surface area (Å²) in [5, 5.41) is 1.24. The van der Waals surface area contributed by atoms with Crippen LogP contribution in [0.3, 0.4) is 0 Å². The Bertz CT molecular complexity index is 161. The van der Waals surface area contributed by atoms with E-state index >= 15 is 0 Å². The molecule has 0 spiro atoms. The second-order valence-corrected chi connectivity index (χ2v) is 3.15. The zero-order chi connectivity index (χ0) is 7.89. The first-order valence-electron chi connectivity index (χ1n) is 3.06. The molecule has 0 aliphatic carbocycles. The van der Waals surface area contributed by atoms with E-state index in [-0.39, 0.29) is 6.17 Å². The van der Waals surface area contributed by atoms with E-state index in [2.05, 4.69) is 0 Å². The van der Waals surface area contributed by atoms with Gasteiger partial charge in [-0.2, -0.15) is 0 Å². The molecule has 0 N–H and O–H groups in total. The number of nitrogens with zero attached hydrogens (tertiary/aromatic N) is 2. The van der Waals surface area contributed by atoms with Gasteiger partial charge < -0.3 is 9.80 Å². The molecule has 0 aromatic heterocycles. The van der Waals surface area contributed by atoms with Crippen molar-refractivity contribution in [2.24, 2.45) is 0 Å². The molecule has 0 radical (unpaired) electrons. The van der Waals surface area contributed by atoms with Crippen LogP contribution in [0.1, 0.15) is 6.92 Å². The van der Waals surface area contributed by atoms with E-state index in [9.17, 15) is 0 Å². The molecule has 0 amide bonds. The van der Waals surface area contributed by atoms with Crippen molar-refractivity contribution in [1.29, 1.82) is 0 Å². The van der Waals surface area contributed by atoms with Crippen LogP contribution < -0.4 is 0 Å². The molecule has 0 atom stereocenters. The lowest BCUT2D eigenvalue weighted by molar-refractivity contribution is 0.220. The Balaban J connectivity index is 2.88. The highest BCUT2D eigenvalue weighted by Gasteiger charge is 2.27. The fourth-order valence-corrected chi connectivity index (χ4v) is 1.43. The number of hydrogen-bond acceptors (Lipinski definition) is 2. The van der Waals surface area contributed by atoms with Crippen molar-refractivity contribution >= 4 is 23.2 Å². The monoisotopic (exact) mass is 180 g/mol. The second kappa shape index (κ2) is 2.51. The molecule has 0 saturated heterocycles. The SMILES string of the molecule is CC1N(C)C(Cl)=C(Cl)N1C. The molecule has 4 heteroatoms. The Morgan fingerprint density at radius 1 is 1.10 bits per heavy atom. The summed E-state index contributed by atoms with van der Waals surface area (Å²) in [6.07, 6.45) is 0.264. The van der Waals surface area contributed by atoms with Crippen molar-refractivity contribution in [3.05, 3.63) is 10.3 Å². The predicted octanol–water partition coefficient (Wildman–Crippen LogP) is 1.81. The number of rotatable bonds is 0. The van der Waals surface area contributed by atoms with Gasteiger partial charge in [-0.3, -0.25) is 0 Å². The molecule has 0 aromatic rings. The van der Waals surface area contributed by atoms with Gasteiger partial charge in [0.1, 0.15) is 10.3 Å². The molecule has 0 fully saturated rings. The van der Waals surface area contributed by atoms with Gasteiger partial charge in [0.05, 0.1) is 6.17 Å². The standard InChI is InChI=1S/C6H10Cl2N2/c1-4-9(2)5(7)6(8)10(4)3/h4H,1-3H3. The van der Waals surface area contributed by atoms with Crippen LogP contribution in [0.25, 0.3) is 0 Å². The lowest BCUT2D eigenvalue weighted by atomic mass is 10.5. The first-order valence-corrected chi connectivity index (χ1v) is 3.82. The average molecular weight is 181 g/mol. The summed E-state index contributed by atoms with van der Waals surface area (Å²) >= 11 is 11.7. The zero-order valence-corrected chi connectivity index (χ0v) is 7.74. The second-order valence-electron chi connectivity index (χ2n) is 2.44. The lowest BCUT2D eigenvalue weighted by Crippen LogP contribution is -2.32. The van der Waals surface area contributed by atoms with Crippen molar-refractivity contribution < 1.29 is 0 Å². The molecule has 1 rings (SSSR count). The Hall–Kier alpha value is -0.0800. The van der Waals surface area contributed by atoms with Crippen LogP contribution >= 0.6 is 23.2 Å². The minimum Gasteiger partial charge on any atom is -0.343 e. The quantitative estimate of drug-likeness (QED) is 0.526. The predicted molar refractivity (Wildman–Crippen MR) is 43.7 cm³/mol. The molecule has 2 nitrogen and oxygen atoms in total. The van der Waals surface area contributed by atoms with Gasteiger partial charge in [-0.15, -0.1) is 0 Å². The smallest absolute Gasteiger partial charge is 0.141 e. The third-order valence-electron chi connectivity index (χ3n) is 1.91. The molecule has 0 aromatic carbocycles. The lowest BCUT2D eigenvalue weighted by Gasteiger charge is -2.23. The Morgan fingerprint density at radius 2 is 1.40 bits per heavy atom. The van der Waals surface area contributed by atoms with Gasteiger partial charge in [-0.25, -0.2) is 0 Å². The van der Waals surface area contributed by atoms with Crippen LogP contribution in [-0.4, -0.2) is 30.1 Å². The number of halogens is 2. The van der Waals surface area contributed by atoms with E-state index in [0.29, 0.717) is 10.3 Å². The van der Waals surface area contributed by atoms with Crippen molar-refractivity contribution in [1.82, 2.24) is 9.80 Å². The molecular formula is C6H10Cl2N2. The van der Waals surface area contributed by atoms with E-state index < -0.39 is 0 Å².